The van der Waals surface area contributed by atoms with Crippen LogP contribution < -0.4 is 10.6 Å². The smallest absolute Gasteiger partial charge is 0.247 e. The van der Waals surface area contributed by atoms with Crippen LogP contribution in [-0.2, 0) is 4.79 Å². The van der Waals surface area contributed by atoms with Gasteiger partial charge in [-0.05, 0) is 36.6 Å². The molecule has 0 spiro atoms. The first-order chi connectivity index (χ1) is 12.1. The third kappa shape index (κ3) is 4.04. The third-order valence-electron chi connectivity index (χ3n) is 4.72. The number of rotatable bonds is 5. The van der Waals surface area contributed by atoms with Crippen molar-refractivity contribution in [3.8, 4) is 11.4 Å². The highest BCUT2D eigenvalue weighted by molar-refractivity contribution is 5.80. The monoisotopic (exact) mass is 342 g/mol. The Hall–Kier alpha value is -2.28. The molecule has 1 aromatic heterocycles. The minimum Gasteiger partial charge on any atom is -0.351 e. The van der Waals surface area contributed by atoms with E-state index in [1.165, 1.54) is 4.80 Å². The SMILES string of the molecule is CC(C)C(C(=O)NC1CCNCC1C)n1nnc(-c2ccccc2)n1. The Bertz CT molecular complexity index is 699. The molecule has 7 heteroatoms. The number of amides is 1. The lowest BCUT2D eigenvalue weighted by atomic mass is 9.94. The fourth-order valence-electron chi connectivity index (χ4n) is 3.22. The number of carbonyl (C=O) groups is 1. The zero-order valence-corrected chi connectivity index (χ0v) is 15.0. The van der Waals surface area contributed by atoms with E-state index >= 15 is 0 Å². The number of aromatic nitrogens is 4. The van der Waals surface area contributed by atoms with Gasteiger partial charge in [0.1, 0.15) is 0 Å². The van der Waals surface area contributed by atoms with Gasteiger partial charge in [0.05, 0.1) is 0 Å². The van der Waals surface area contributed by atoms with E-state index in [-0.39, 0.29) is 17.9 Å². The van der Waals surface area contributed by atoms with Gasteiger partial charge in [0.25, 0.3) is 0 Å². The fraction of sp³-hybridized carbons (Fsp3) is 0.556. The predicted octanol–water partition coefficient (Wildman–Crippen LogP) is 1.65. The second-order valence-corrected chi connectivity index (χ2v) is 7.07. The van der Waals surface area contributed by atoms with Crippen molar-refractivity contribution in [2.24, 2.45) is 11.8 Å². The standard InChI is InChI=1S/C18H26N6O/c1-12(2)16(18(25)20-15-9-10-19-11-13(15)3)24-22-17(21-23-24)14-7-5-4-6-8-14/h4-8,12-13,15-16,19H,9-11H2,1-3H3,(H,20,25). The number of hydrogen-bond acceptors (Lipinski definition) is 5. The van der Waals surface area contributed by atoms with E-state index in [0.29, 0.717) is 11.7 Å². The van der Waals surface area contributed by atoms with Crippen LogP contribution in [0.3, 0.4) is 0 Å². The zero-order valence-electron chi connectivity index (χ0n) is 15.0. The van der Waals surface area contributed by atoms with Crippen LogP contribution >= 0.6 is 0 Å². The van der Waals surface area contributed by atoms with Gasteiger partial charge in [-0.1, -0.05) is 51.1 Å². The molecule has 7 nitrogen and oxygen atoms in total. The highest BCUT2D eigenvalue weighted by Crippen LogP contribution is 2.20. The fourth-order valence-corrected chi connectivity index (χ4v) is 3.22. The van der Waals surface area contributed by atoms with Crippen molar-refractivity contribution in [2.45, 2.75) is 39.3 Å². The average molecular weight is 342 g/mol. The first-order valence-corrected chi connectivity index (χ1v) is 8.92. The number of nitrogens with one attached hydrogen (secondary N) is 2. The molecule has 0 aliphatic carbocycles. The summed E-state index contributed by atoms with van der Waals surface area (Å²) in [6, 6.07) is 9.39. The number of carbonyl (C=O) groups excluding carboxylic acids is 1. The van der Waals surface area contributed by atoms with E-state index in [1.807, 2.05) is 44.2 Å². The predicted molar refractivity (Wildman–Crippen MR) is 95.7 cm³/mol. The van der Waals surface area contributed by atoms with Crippen molar-refractivity contribution < 1.29 is 4.79 Å². The molecule has 1 saturated heterocycles. The quantitative estimate of drug-likeness (QED) is 0.863. The van der Waals surface area contributed by atoms with Gasteiger partial charge >= 0.3 is 0 Å². The Balaban J connectivity index is 1.77. The Morgan fingerprint density at radius 3 is 2.76 bits per heavy atom. The molecule has 2 N–H and O–H groups in total. The molecular formula is C18H26N6O. The van der Waals surface area contributed by atoms with Crippen LogP contribution in [0.5, 0.6) is 0 Å². The van der Waals surface area contributed by atoms with Gasteiger partial charge in [0.2, 0.25) is 11.7 Å². The van der Waals surface area contributed by atoms with Crippen molar-refractivity contribution in [1.82, 2.24) is 30.8 Å². The maximum atomic E-state index is 12.9. The summed E-state index contributed by atoms with van der Waals surface area (Å²) in [4.78, 5) is 14.3. The summed E-state index contributed by atoms with van der Waals surface area (Å²) in [6.45, 7) is 8.02. The maximum Gasteiger partial charge on any atom is 0.247 e. The molecular weight excluding hydrogens is 316 g/mol. The summed E-state index contributed by atoms with van der Waals surface area (Å²) >= 11 is 0. The third-order valence-corrected chi connectivity index (χ3v) is 4.72. The minimum atomic E-state index is -0.466. The number of hydrogen-bond donors (Lipinski definition) is 2. The maximum absolute atomic E-state index is 12.9. The van der Waals surface area contributed by atoms with E-state index < -0.39 is 6.04 Å². The number of piperidine rings is 1. The molecule has 1 aliphatic heterocycles. The van der Waals surface area contributed by atoms with Gasteiger partial charge in [-0.3, -0.25) is 4.79 Å². The highest BCUT2D eigenvalue weighted by Gasteiger charge is 2.31. The topological polar surface area (TPSA) is 84.7 Å². The van der Waals surface area contributed by atoms with Crippen molar-refractivity contribution in [3.63, 3.8) is 0 Å². The van der Waals surface area contributed by atoms with E-state index in [1.54, 1.807) is 0 Å². The van der Waals surface area contributed by atoms with Gasteiger partial charge in [-0.15, -0.1) is 10.2 Å². The van der Waals surface area contributed by atoms with Crippen LogP contribution in [0.25, 0.3) is 11.4 Å². The lowest BCUT2D eigenvalue weighted by Gasteiger charge is -2.31. The molecule has 0 saturated carbocycles. The summed E-state index contributed by atoms with van der Waals surface area (Å²) in [7, 11) is 0. The van der Waals surface area contributed by atoms with Gasteiger partial charge < -0.3 is 10.6 Å². The van der Waals surface area contributed by atoms with Crippen molar-refractivity contribution in [1.29, 1.82) is 0 Å². The molecule has 3 unspecified atom stereocenters. The van der Waals surface area contributed by atoms with Gasteiger partial charge in [-0.2, -0.15) is 4.80 Å². The first kappa shape index (κ1) is 17.5. The normalized spacial score (nSPS) is 21.9. The molecule has 1 fully saturated rings. The van der Waals surface area contributed by atoms with E-state index in [2.05, 4.69) is 33.0 Å². The molecule has 2 heterocycles. The van der Waals surface area contributed by atoms with Crippen LogP contribution in [0, 0.1) is 11.8 Å². The molecule has 0 radical (unpaired) electrons. The Morgan fingerprint density at radius 2 is 2.08 bits per heavy atom. The van der Waals surface area contributed by atoms with Crippen LogP contribution in [0.15, 0.2) is 30.3 Å². The number of tetrazole rings is 1. The van der Waals surface area contributed by atoms with Crippen LogP contribution in [0.2, 0.25) is 0 Å². The lowest BCUT2D eigenvalue weighted by Crippen LogP contribution is -2.50. The van der Waals surface area contributed by atoms with Crippen LogP contribution in [-0.4, -0.2) is 45.2 Å². The summed E-state index contributed by atoms with van der Waals surface area (Å²) in [5, 5.41) is 19.3. The molecule has 2 aromatic rings. The second kappa shape index (κ2) is 7.74. The summed E-state index contributed by atoms with van der Waals surface area (Å²) in [6.07, 6.45) is 0.942. The Morgan fingerprint density at radius 1 is 1.32 bits per heavy atom. The molecule has 1 amide bonds. The summed E-state index contributed by atoms with van der Waals surface area (Å²) < 4.78 is 0. The first-order valence-electron chi connectivity index (χ1n) is 8.92. The zero-order chi connectivity index (χ0) is 17.8. The van der Waals surface area contributed by atoms with Crippen LogP contribution in [0.4, 0.5) is 0 Å². The molecule has 1 aromatic carbocycles. The Labute approximate surface area is 148 Å². The summed E-state index contributed by atoms with van der Waals surface area (Å²) in [5.41, 5.74) is 0.892. The number of nitrogens with zero attached hydrogens (tertiary/aromatic N) is 4. The van der Waals surface area contributed by atoms with E-state index in [0.717, 1.165) is 25.1 Å². The largest absolute Gasteiger partial charge is 0.351 e. The molecule has 25 heavy (non-hydrogen) atoms. The highest BCUT2D eigenvalue weighted by atomic mass is 16.2. The molecule has 1 aliphatic rings. The van der Waals surface area contributed by atoms with Gasteiger partial charge in [0.15, 0.2) is 6.04 Å². The number of benzene rings is 1. The van der Waals surface area contributed by atoms with Gasteiger partial charge in [-0.25, -0.2) is 0 Å². The molecule has 3 rings (SSSR count). The minimum absolute atomic E-state index is 0.0363. The van der Waals surface area contributed by atoms with Crippen molar-refractivity contribution in [2.75, 3.05) is 13.1 Å². The molecule has 0 bridgehead atoms. The lowest BCUT2D eigenvalue weighted by molar-refractivity contribution is -0.127. The van der Waals surface area contributed by atoms with Crippen LogP contribution in [0.1, 0.15) is 33.2 Å². The van der Waals surface area contributed by atoms with Crippen molar-refractivity contribution >= 4 is 5.91 Å². The van der Waals surface area contributed by atoms with E-state index in [9.17, 15) is 4.79 Å². The molecule has 134 valence electrons. The second-order valence-electron chi connectivity index (χ2n) is 7.07. The average Bonchev–Trinajstić information content (AvgIpc) is 3.07. The van der Waals surface area contributed by atoms with Crippen molar-refractivity contribution in [3.05, 3.63) is 30.3 Å². The van der Waals surface area contributed by atoms with E-state index in [4.69, 9.17) is 0 Å². The van der Waals surface area contributed by atoms with Gasteiger partial charge in [0, 0.05) is 11.6 Å². The summed E-state index contributed by atoms with van der Waals surface area (Å²) in [5.74, 6) is 0.976. The Kier molecular flexibility index (Phi) is 5.43. The molecule has 3 atom stereocenters.